The molecule has 5 rings (SSSR count). The maximum Gasteiger partial charge on any atom is 0.243 e. The topological polar surface area (TPSA) is 78.0 Å². The number of benzene rings is 2. The largest absolute Gasteiger partial charge is 0.486 e. The Balaban J connectivity index is 1.31. The Morgan fingerprint density at radius 1 is 1.00 bits per heavy atom. The van der Waals surface area contributed by atoms with E-state index < -0.39 is 10.0 Å². The highest BCUT2D eigenvalue weighted by Gasteiger charge is 2.34. The fourth-order valence-corrected chi connectivity index (χ4v) is 5.13. The molecule has 0 bridgehead atoms. The van der Waals surface area contributed by atoms with Crippen LogP contribution in [0.25, 0.3) is 10.9 Å². The van der Waals surface area contributed by atoms with Gasteiger partial charge in [-0.25, -0.2) is 13.4 Å². The first kappa shape index (κ1) is 18.2. The van der Waals surface area contributed by atoms with Crippen LogP contribution in [0.15, 0.2) is 59.5 Å². The Labute approximate surface area is 168 Å². The molecule has 0 N–H and O–H groups in total. The molecular weight excluding hydrogens is 392 g/mol. The molecule has 7 nitrogen and oxygen atoms in total. The number of fused-ring (bicyclic) bond motifs is 2. The highest BCUT2D eigenvalue weighted by molar-refractivity contribution is 7.89. The zero-order valence-electron chi connectivity index (χ0n) is 15.7. The third-order valence-corrected chi connectivity index (χ3v) is 6.98. The molecule has 1 unspecified atom stereocenters. The summed E-state index contributed by atoms with van der Waals surface area (Å²) in [4.78, 5) is 4.71. The van der Waals surface area contributed by atoms with Gasteiger partial charge < -0.3 is 14.2 Å². The second-order valence-corrected chi connectivity index (χ2v) is 8.98. The number of aromatic nitrogens is 1. The van der Waals surface area contributed by atoms with Gasteiger partial charge in [0.05, 0.1) is 17.0 Å². The van der Waals surface area contributed by atoms with Crippen molar-refractivity contribution in [3.63, 3.8) is 0 Å². The average molecular weight is 412 g/mol. The molecule has 1 saturated heterocycles. The van der Waals surface area contributed by atoms with Crippen molar-refractivity contribution >= 4 is 20.9 Å². The number of ether oxygens (including phenoxy) is 3. The normalized spacial score (nSPS) is 19.4. The van der Waals surface area contributed by atoms with Crippen molar-refractivity contribution in [2.24, 2.45) is 0 Å². The molecule has 1 aromatic heterocycles. The number of para-hydroxylation sites is 1. The van der Waals surface area contributed by atoms with Crippen molar-refractivity contribution in [1.82, 2.24) is 9.29 Å². The summed E-state index contributed by atoms with van der Waals surface area (Å²) in [6, 6.07) is 16.3. The van der Waals surface area contributed by atoms with Crippen LogP contribution >= 0.6 is 0 Å². The van der Waals surface area contributed by atoms with E-state index in [1.807, 2.05) is 36.4 Å². The number of nitrogens with zero attached hydrogens (tertiary/aromatic N) is 2. The van der Waals surface area contributed by atoms with E-state index in [0.717, 1.165) is 10.9 Å². The van der Waals surface area contributed by atoms with Gasteiger partial charge in [-0.1, -0.05) is 18.2 Å². The summed E-state index contributed by atoms with van der Waals surface area (Å²) in [5, 5.41) is 1.04. The summed E-state index contributed by atoms with van der Waals surface area (Å²) in [5.74, 6) is 1.54. The monoisotopic (exact) mass is 412 g/mol. The minimum Gasteiger partial charge on any atom is -0.486 e. The van der Waals surface area contributed by atoms with Crippen LogP contribution in [0.3, 0.4) is 0 Å². The van der Waals surface area contributed by atoms with Gasteiger partial charge >= 0.3 is 0 Å². The SMILES string of the molecule is O=S(=O)(c1ccc2c(c1)OCCO2)N1CCC(Oc2ccc3ccccc3n2)C1. The van der Waals surface area contributed by atoms with Crippen molar-refractivity contribution in [2.45, 2.75) is 17.4 Å². The fourth-order valence-electron chi connectivity index (χ4n) is 3.63. The summed E-state index contributed by atoms with van der Waals surface area (Å²) < 4.78 is 44.5. The van der Waals surface area contributed by atoms with Gasteiger partial charge in [-0.15, -0.1) is 0 Å². The molecule has 2 aliphatic heterocycles. The quantitative estimate of drug-likeness (QED) is 0.656. The first-order valence-corrected chi connectivity index (χ1v) is 11.0. The molecular formula is C21H20N2O5S. The minimum atomic E-state index is -3.63. The summed E-state index contributed by atoms with van der Waals surface area (Å²) in [7, 11) is -3.63. The Morgan fingerprint density at radius 2 is 1.83 bits per heavy atom. The number of hydrogen-bond donors (Lipinski definition) is 0. The van der Waals surface area contributed by atoms with Crippen LogP contribution in [0.4, 0.5) is 0 Å². The van der Waals surface area contributed by atoms with E-state index in [1.165, 1.54) is 10.4 Å². The van der Waals surface area contributed by atoms with Gasteiger partial charge in [0.25, 0.3) is 0 Å². The predicted molar refractivity (Wildman–Crippen MR) is 107 cm³/mol. The van der Waals surface area contributed by atoms with E-state index in [-0.39, 0.29) is 17.5 Å². The Bertz CT molecular complexity index is 1160. The van der Waals surface area contributed by atoms with Crippen LogP contribution in [-0.4, -0.2) is 50.1 Å². The van der Waals surface area contributed by atoms with Gasteiger partial charge in [-0.2, -0.15) is 4.31 Å². The van der Waals surface area contributed by atoms with Gasteiger partial charge in [0.2, 0.25) is 15.9 Å². The molecule has 3 heterocycles. The van der Waals surface area contributed by atoms with E-state index in [2.05, 4.69) is 4.98 Å². The second-order valence-electron chi connectivity index (χ2n) is 7.04. The van der Waals surface area contributed by atoms with E-state index in [1.54, 1.807) is 12.1 Å². The molecule has 0 radical (unpaired) electrons. The first-order chi connectivity index (χ1) is 14.1. The van der Waals surface area contributed by atoms with Gasteiger partial charge in [-0.05, 0) is 30.7 Å². The molecule has 2 aliphatic rings. The lowest BCUT2D eigenvalue weighted by Crippen LogP contribution is -2.31. The van der Waals surface area contributed by atoms with Gasteiger partial charge in [0.15, 0.2) is 11.5 Å². The van der Waals surface area contributed by atoms with Crippen LogP contribution in [-0.2, 0) is 10.0 Å². The van der Waals surface area contributed by atoms with Gasteiger partial charge in [-0.3, -0.25) is 0 Å². The van der Waals surface area contributed by atoms with E-state index in [0.29, 0.717) is 43.6 Å². The molecule has 0 amide bonds. The third kappa shape index (κ3) is 3.49. The molecule has 3 aromatic rings. The number of sulfonamides is 1. The first-order valence-electron chi connectivity index (χ1n) is 9.52. The van der Waals surface area contributed by atoms with E-state index in [4.69, 9.17) is 14.2 Å². The van der Waals surface area contributed by atoms with Gasteiger partial charge in [0.1, 0.15) is 19.3 Å². The lowest BCUT2D eigenvalue weighted by molar-refractivity contribution is 0.171. The maximum atomic E-state index is 13.1. The highest BCUT2D eigenvalue weighted by atomic mass is 32.2. The molecule has 8 heteroatoms. The number of hydrogen-bond acceptors (Lipinski definition) is 6. The van der Waals surface area contributed by atoms with Crippen LogP contribution in [0.2, 0.25) is 0 Å². The molecule has 1 fully saturated rings. The maximum absolute atomic E-state index is 13.1. The number of pyridine rings is 1. The smallest absolute Gasteiger partial charge is 0.243 e. The van der Waals surface area contributed by atoms with Crippen LogP contribution in [0, 0.1) is 0 Å². The van der Waals surface area contributed by atoms with E-state index in [9.17, 15) is 8.42 Å². The average Bonchev–Trinajstić information content (AvgIpc) is 3.22. The molecule has 1 atom stereocenters. The summed E-state index contributed by atoms with van der Waals surface area (Å²) in [6.07, 6.45) is 0.369. The van der Waals surface area contributed by atoms with E-state index >= 15 is 0 Å². The number of rotatable bonds is 4. The van der Waals surface area contributed by atoms with Crippen LogP contribution in [0.5, 0.6) is 17.4 Å². The van der Waals surface area contributed by atoms with Gasteiger partial charge in [0, 0.05) is 24.1 Å². The molecule has 0 saturated carbocycles. The second kappa shape index (κ2) is 7.20. The Hall–Kier alpha value is -2.84. The Kier molecular flexibility index (Phi) is 4.52. The zero-order valence-corrected chi connectivity index (χ0v) is 16.5. The highest BCUT2D eigenvalue weighted by Crippen LogP contribution is 2.34. The molecule has 0 aliphatic carbocycles. The molecule has 150 valence electrons. The third-order valence-electron chi connectivity index (χ3n) is 5.12. The van der Waals surface area contributed by atoms with Crippen molar-refractivity contribution < 1.29 is 22.6 Å². The van der Waals surface area contributed by atoms with Crippen molar-refractivity contribution in [3.8, 4) is 17.4 Å². The lowest BCUT2D eigenvalue weighted by atomic mass is 10.2. The Morgan fingerprint density at radius 3 is 2.72 bits per heavy atom. The summed E-state index contributed by atoms with van der Waals surface area (Å²) >= 11 is 0. The van der Waals surface area contributed by atoms with Crippen LogP contribution < -0.4 is 14.2 Å². The van der Waals surface area contributed by atoms with Crippen LogP contribution in [0.1, 0.15) is 6.42 Å². The fraction of sp³-hybridized carbons (Fsp3) is 0.286. The molecule has 29 heavy (non-hydrogen) atoms. The van der Waals surface area contributed by atoms with Crippen molar-refractivity contribution in [2.75, 3.05) is 26.3 Å². The van der Waals surface area contributed by atoms with Crippen molar-refractivity contribution in [3.05, 3.63) is 54.6 Å². The molecule has 0 spiro atoms. The molecule has 2 aromatic carbocycles. The standard InChI is InChI=1S/C21H20N2O5S/c24-29(25,17-6-7-19-20(13-17)27-12-11-26-19)23-10-9-16(14-23)28-21-8-5-15-3-1-2-4-18(15)22-21/h1-8,13,16H,9-12,14H2. The predicted octanol–water partition coefficient (Wildman–Crippen LogP) is 2.85. The summed E-state index contributed by atoms with van der Waals surface area (Å²) in [6.45, 7) is 1.56. The summed E-state index contributed by atoms with van der Waals surface area (Å²) in [5.41, 5.74) is 0.851. The zero-order chi connectivity index (χ0) is 19.8. The van der Waals surface area contributed by atoms with Crippen molar-refractivity contribution in [1.29, 1.82) is 0 Å². The lowest BCUT2D eigenvalue weighted by Gasteiger charge is -2.21. The minimum absolute atomic E-state index is 0.200.